The summed E-state index contributed by atoms with van der Waals surface area (Å²) in [6, 6.07) is 0. The summed E-state index contributed by atoms with van der Waals surface area (Å²) < 4.78 is 26.6. The van der Waals surface area contributed by atoms with Gasteiger partial charge in [0.2, 0.25) is 10.0 Å². The van der Waals surface area contributed by atoms with Gasteiger partial charge in [-0.05, 0) is 12.8 Å². The molecule has 0 amide bonds. The quantitative estimate of drug-likeness (QED) is 0.717. The molecule has 0 aromatic rings. The van der Waals surface area contributed by atoms with Crippen LogP contribution in [0.2, 0.25) is 0 Å². The van der Waals surface area contributed by atoms with Gasteiger partial charge < -0.3 is 5.32 Å². The molecule has 0 radical (unpaired) electrons. The molecule has 1 aliphatic heterocycles. The van der Waals surface area contributed by atoms with E-state index in [-0.39, 0.29) is 5.25 Å². The number of sulfonamides is 1. The molecule has 1 saturated carbocycles. The fourth-order valence-electron chi connectivity index (χ4n) is 2.60. The zero-order chi connectivity index (χ0) is 12.1. The lowest BCUT2D eigenvalue weighted by Crippen LogP contribution is -2.46. The SMILES string of the molecule is O=S(=O)(NCCN1CCNCC1)C1CCCC1. The molecule has 1 saturated heterocycles. The van der Waals surface area contributed by atoms with Crippen LogP contribution in [0, 0.1) is 0 Å². The van der Waals surface area contributed by atoms with Crippen LogP contribution in [0.3, 0.4) is 0 Å². The highest BCUT2D eigenvalue weighted by atomic mass is 32.2. The maximum absolute atomic E-state index is 11.9. The van der Waals surface area contributed by atoms with Crippen molar-refractivity contribution in [2.75, 3.05) is 39.3 Å². The standard InChI is InChI=1S/C11H23N3O2S/c15-17(16,11-3-1-2-4-11)13-7-10-14-8-5-12-6-9-14/h11-13H,1-10H2. The molecule has 2 fully saturated rings. The Morgan fingerprint density at radius 3 is 2.47 bits per heavy atom. The zero-order valence-electron chi connectivity index (χ0n) is 10.3. The van der Waals surface area contributed by atoms with E-state index < -0.39 is 10.0 Å². The average molecular weight is 261 g/mol. The number of nitrogens with one attached hydrogen (secondary N) is 2. The van der Waals surface area contributed by atoms with Crippen LogP contribution in [0.15, 0.2) is 0 Å². The number of piperazine rings is 1. The first-order chi connectivity index (χ1) is 8.18. The molecule has 2 aliphatic rings. The van der Waals surface area contributed by atoms with Crippen molar-refractivity contribution in [3.05, 3.63) is 0 Å². The van der Waals surface area contributed by atoms with Gasteiger partial charge in [0.1, 0.15) is 0 Å². The molecule has 5 nitrogen and oxygen atoms in total. The van der Waals surface area contributed by atoms with Crippen molar-refractivity contribution in [3.8, 4) is 0 Å². The van der Waals surface area contributed by atoms with Crippen LogP contribution >= 0.6 is 0 Å². The van der Waals surface area contributed by atoms with Crippen LogP contribution in [0.1, 0.15) is 25.7 Å². The molecule has 0 aromatic heterocycles. The third-order valence-corrected chi connectivity index (χ3v) is 5.64. The molecule has 0 unspecified atom stereocenters. The van der Waals surface area contributed by atoms with Gasteiger partial charge in [0, 0.05) is 39.3 Å². The van der Waals surface area contributed by atoms with E-state index in [4.69, 9.17) is 0 Å². The first-order valence-corrected chi connectivity index (χ1v) is 8.15. The normalized spacial score (nSPS) is 24.2. The smallest absolute Gasteiger partial charge is 0.214 e. The Morgan fingerprint density at radius 1 is 1.18 bits per heavy atom. The lowest BCUT2D eigenvalue weighted by molar-refractivity contribution is 0.245. The van der Waals surface area contributed by atoms with Crippen LogP contribution < -0.4 is 10.0 Å². The molecule has 0 atom stereocenters. The fourth-order valence-corrected chi connectivity index (χ4v) is 4.16. The van der Waals surface area contributed by atoms with Crippen molar-refractivity contribution in [2.45, 2.75) is 30.9 Å². The van der Waals surface area contributed by atoms with Crippen LogP contribution in [-0.2, 0) is 10.0 Å². The van der Waals surface area contributed by atoms with Crippen LogP contribution in [0.5, 0.6) is 0 Å². The van der Waals surface area contributed by atoms with E-state index in [2.05, 4.69) is 14.9 Å². The highest BCUT2D eigenvalue weighted by Crippen LogP contribution is 2.23. The van der Waals surface area contributed by atoms with E-state index >= 15 is 0 Å². The Bertz CT molecular complexity index is 320. The summed E-state index contributed by atoms with van der Waals surface area (Å²) in [5.41, 5.74) is 0. The second kappa shape index (κ2) is 6.13. The topological polar surface area (TPSA) is 61.4 Å². The van der Waals surface area contributed by atoms with Gasteiger partial charge in [0.05, 0.1) is 5.25 Å². The van der Waals surface area contributed by atoms with Crippen LogP contribution in [0.25, 0.3) is 0 Å². The van der Waals surface area contributed by atoms with Crippen molar-refractivity contribution < 1.29 is 8.42 Å². The summed E-state index contributed by atoms with van der Waals surface area (Å²) in [5.74, 6) is 0. The molecule has 17 heavy (non-hydrogen) atoms. The molecule has 2 N–H and O–H groups in total. The van der Waals surface area contributed by atoms with Crippen molar-refractivity contribution in [1.82, 2.24) is 14.9 Å². The van der Waals surface area contributed by atoms with E-state index in [1.807, 2.05) is 0 Å². The van der Waals surface area contributed by atoms with Gasteiger partial charge in [-0.15, -0.1) is 0 Å². The summed E-state index contributed by atoms with van der Waals surface area (Å²) in [7, 11) is -3.05. The van der Waals surface area contributed by atoms with Gasteiger partial charge in [-0.1, -0.05) is 12.8 Å². The zero-order valence-corrected chi connectivity index (χ0v) is 11.1. The predicted molar refractivity (Wildman–Crippen MR) is 68.5 cm³/mol. The third-order valence-electron chi connectivity index (χ3n) is 3.68. The molecule has 0 spiro atoms. The first kappa shape index (κ1) is 13.3. The minimum atomic E-state index is -3.05. The largest absolute Gasteiger partial charge is 0.314 e. The molecular weight excluding hydrogens is 238 g/mol. The van der Waals surface area contributed by atoms with E-state index in [0.717, 1.165) is 58.4 Å². The molecule has 0 aromatic carbocycles. The number of rotatable bonds is 5. The van der Waals surface area contributed by atoms with Gasteiger partial charge in [0.25, 0.3) is 0 Å². The molecule has 1 heterocycles. The molecule has 100 valence electrons. The second-order valence-corrected chi connectivity index (χ2v) is 6.98. The Morgan fingerprint density at radius 2 is 1.82 bits per heavy atom. The molecule has 1 aliphatic carbocycles. The summed E-state index contributed by atoms with van der Waals surface area (Å²) in [4.78, 5) is 2.30. The van der Waals surface area contributed by atoms with Crippen molar-refractivity contribution in [2.24, 2.45) is 0 Å². The lowest BCUT2D eigenvalue weighted by Gasteiger charge is -2.27. The average Bonchev–Trinajstić information content (AvgIpc) is 2.84. The number of hydrogen-bond acceptors (Lipinski definition) is 4. The minimum Gasteiger partial charge on any atom is -0.314 e. The highest BCUT2D eigenvalue weighted by Gasteiger charge is 2.28. The van der Waals surface area contributed by atoms with Crippen molar-refractivity contribution in [3.63, 3.8) is 0 Å². The van der Waals surface area contributed by atoms with Gasteiger partial charge >= 0.3 is 0 Å². The van der Waals surface area contributed by atoms with Crippen LogP contribution in [-0.4, -0.2) is 57.8 Å². The fraction of sp³-hybridized carbons (Fsp3) is 1.00. The second-order valence-electron chi connectivity index (χ2n) is 4.94. The number of nitrogens with zero attached hydrogens (tertiary/aromatic N) is 1. The van der Waals surface area contributed by atoms with E-state index in [1.165, 1.54) is 0 Å². The summed E-state index contributed by atoms with van der Waals surface area (Å²) >= 11 is 0. The Kier molecular flexibility index (Phi) is 4.78. The predicted octanol–water partition coefficient (Wildman–Crippen LogP) is -0.246. The van der Waals surface area contributed by atoms with Crippen molar-refractivity contribution >= 4 is 10.0 Å². The number of hydrogen-bond donors (Lipinski definition) is 2. The Balaban J connectivity index is 1.69. The van der Waals surface area contributed by atoms with Gasteiger partial charge in [-0.2, -0.15) is 0 Å². The highest BCUT2D eigenvalue weighted by molar-refractivity contribution is 7.90. The molecule has 6 heteroatoms. The van der Waals surface area contributed by atoms with Crippen molar-refractivity contribution in [1.29, 1.82) is 0 Å². The monoisotopic (exact) mass is 261 g/mol. The van der Waals surface area contributed by atoms with Gasteiger partial charge in [0.15, 0.2) is 0 Å². The summed E-state index contributed by atoms with van der Waals surface area (Å²) in [6.07, 6.45) is 3.79. The Hall–Kier alpha value is -0.170. The van der Waals surface area contributed by atoms with Gasteiger partial charge in [-0.25, -0.2) is 13.1 Å². The maximum atomic E-state index is 11.9. The molecule has 2 rings (SSSR count). The maximum Gasteiger partial charge on any atom is 0.214 e. The van der Waals surface area contributed by atoms with Crippen LogP contribution in [0.4, 0.5) is 0 Å². The molecular formula is C11H23N3O2S. The Labute approximate surface area is 104 Å². The third kappa shape index (κ3) is 3.91. The summed E-state index contributed by atoms with van der Waals surface area (Å²) in [5, 5.41) is 3.15. The first-order valence-electron chi connectivity index (χ1n) is 6.60. The van der Waals surface area contributed by atoms with E-state index in [9.17, 15) is 8.42 Å². The van der Waals surface area contributed by atoms with Gasteiger partial charge in [-0.3, -0.25) is 4.90 Å². The lowest BCUT2D eigenvalue weighted by atomic mass is 10.3. The summed E-state index contributed by atoms with van der Waals surface area (Å²) in [6.45, 7) is 5.44. The molecule has 0 bridgehead atoms. The van der Waals surface area contributed by atoms with E-state index in [0.29, 0.717) is 6.54 Å². The van der Waals surface area contributed by atoms with E-state index in [1.54, 1.807) is 0 Å². The minimum absolute atomic E-state index is 0.134.